The van der Waals surface area contributed by atoms with Crippen LogP contribution in [0.1, 0.15) is 16.7 Å². The van der Waals surface area contributed by atoms with Crippen LogP contribution in [0, 0.1) is 13.8 Å². The van der Waals surface area contributed by atoms with Crippen LogP contribution in [-0.4, -0.2) is 17.1 Å². The smallest absolute Gasteiger partial charge is 0.265 e. The molecule has 2 N–H and O–H groups in total. The van der Waals surface area contributed by atoms with E-state index in [2.05, 4.69) is 31.3 Å². The molecule has 2 aromatic carbocycles. The number of phenolic OH excluding ortho intramolecular Hbond substituents is 1. The van der Waals surface area contributed by atoms with Gasteiger partial charge < -0.3 is 15.2 Å². The van der Waals surface area contributed by atoms with Crippen molar-refractivity contribution in [2.24, 2.45) is 0 Å². The minimum absolute atomic E-state index is 0.102. The summed E-state index contributed by atoms with van der Waals surface area (Å²) in [5.41, 5.74) is 4.01. The molecule has 1 atom stereocenters. The van der Waals surface area contributed by atoms with Crippen LogP contribution in [-0.2, 0) is 11.2 Å². The largest absolute Gasteiger partial charge is 0.508 e. The van der Waals surface area contributed by atoms with Crippen molar-refractivity contribution in [1.29, 1.82) is 0 Å². The van der Waals surface area contributed by atoms with Crippen molar-refractivity contribution in [1.82, 2.24) is 0 Å². The zero-order chi connectivity index (χ0) is 15.0. The number of amides is 1. The van der Waals surface area contributed by atoms with E-state index in [4.69, 9.17) is 4.74 Å². The van der Waals surface area contributed by atoms with Gasteiger partial charge in [0.1, 0.15) is 11.5 Å². The number of carbonyl (C=O) groups excluding carboxylic acids is 1. The van der Waals surface area contributed by atoms with Crippen molar-refractivity contribution in [2.45, 2.75) is 26.4 Å². The van der Waals surface area contributed by atoms with Gasteiger partial charge in [-0.2, -0.15) is 0 Å². The first kappa shape index (κ1) is 13.5. The van der Waals surface area contributed by atoms with Crippen molar-refractivity contribution in [3.05, 3.63) is 53.1 Å². The Labute approximate surface area is 123 Å². The van der Waals surface area contributed by atoms with E-state index in [9.17, 15) is 9.90 Å². The highest BCUT2D eigenvalue weighted by Crippen LogP contribution is 2.33. The molecule has 108 valence electrons. The van der Waals surface area contributed by atoms with E-state index < -0.39 is 6.10 Å². The summed E-state index contributed by atoms with van der Waals surface area (Å²) in [4.78, 5) is 12.1. The zero-order valence-electron chi connectivity index (χ0n) is 12.0. The minimum Gasteiger partial charge on any atom is -0.508 e. The van der Waals surface area contributed by atoms with Gasteiger partial charge in [-0.3, -0.25) is 4.79 Å². The number of rotatable bonds is 2. The molecular weight excluding hydrogens is 266 g/mol. The number of phenols is 1. The second-order valence-electron chi connectivity index (χ2n) is 5.40. The Morgan fingerprint density at radius 2 is 1.95 bits per heavy atom. The topological polar surface area (TPSA) is 58.6 Å². The zero-order valence-corrected chi connectivity index (χ0v) is 12.0. The molecule has 1 aliphatic rings. The average Bonchev–Trinajstić information content (AvgIpc) is 2.44. The molecule has 1 heterocycles. The summed E-state index contributed by atoms with van der Waals surface area (Å²) in [7, 11) is 0. The molecule has 0 bridgehead atoms. The van der Waals surface area contributed by atoms with Gasteiger partial charge in [0.2, 0.25) is 0 Å². The van der Waals surface area contributed by atoms with Crippen LogP contribution in [0.5, 0.6) is 11.5 Å². The summed E-state index contributed by atoms with van der Waals surface area (Å²) >= 11 is 0. The number of aromatic hydroxyl groups is 1. The summed E-state index contributed by atoms with van der Waals surface area (Å²) < 4.78 is 5.75. The number of aryl methyl sites for hydroxylation is 2. The van der Waals surface area contributed by atoms with Gasteiger partial charge in [-0.05, 0) is 42.7 Å². The Morgan fingerprint density at radius 3 is 2.71 bits per heavy atom. The third-order valence-electron chi connectivity index (χ3n) is 3.78. The van der Waals surface area contributed by atoms with Crippen LogP contribution in [0.3, 0.4) is 0 Å². The fourth-order valence-electron chi connectivity index (χ4n) is 2.42. The van der Waals surface area contributed by atoms with E-state index in [0.717, 1.165) is 5.56 Å². The van der Waals surface area contributed by atoms with Crippen molar-refractivity contribution in [2.75, 3.05) is 5.32 Å². The van der Waals surface area contributed by atoms with Gasteiger partial charge in [0.05, 0.1) is 5.69 Å². The number of hydrogen-bond donors (Lipinski definition) is 2. The summed E-state index contributed by atoms with van der Waals surface area (Å²) in [6.45, 7) is 4.12. The quantitative estimate of drug-likeness (QED) is 0.891. The Balaban J connectivity index is 1.82. The van der Waals surface area contributed by atoms with Gasteiger partial charge in [0.25, 0.3) is 5.91 Å². The second-order valence-corrected chi connectivity index (χ2v) is 5.40. The number of fused-ring (bicyclic) bond motifs is 1. The van der Waals surface area contributed by atoms with Crippen LogP contribution in [0.4, 0.5) is 5.69 Å². The monoisotopic (exact) mass is 283 g/mol. The lowest BCUT2D eigenvalue weighted by Crippen LogP contribution is -2.38. The lowest BCUT2D eigenvalue weighted by molar-refractivity contribution is -0.123. The highest BCUT2D eigenvalue weighted by atomic mass is 16.5. The minimum atomic E-state index is -0.552. The predicted octanol–water partition coefficient (Wildman–Crippen LogP) is 2.95. The molecule has 1 aliphatic heterocycles. The van der Waals surface area contributed by atoms with E-state index in [1.165, 1.54) is 17.2 Å². The van der Waals surface area contributed by atoms with Crippen molar-refractivity contribution in [3.8, 4) is 11.5 Å². The van der Waals surface area contributed by atoms with Crippen molar-refractivity contribution < 1.29 is 14.6 Å². The molecule has 0 fully saturated rings. The van der Waals surface area contributed by atoms with Gasteiger partial charge in [-0.25, -0.2) is 0 Å². The number of ether oxygens (including phenoxy) is 1. The second kappa shape index (κ2) is 5.13. The molecule has 0 saturated heterocycles. The lowest BCUT2D eigenvalue weighted by Gasteiger charge is -2.26. The van der Waals surface area contributed by atoms with Crippen LogP contribution in [0.25, 0.3) is 0 Å². The maximum absolute atomic E-state index is 12.1. The summed E-state index contributed by atoms with van der Waals surface area (Å²) in [5, 5.41) is 12.2. The van der Waals surface area contributed by atoms with E-state index >= 15 is 0 Å². The fraction of sp³-hybridized carbons (Fsp3) is 0.235. The summed E-state index contributed by atoms with van der Waals surface area (Å²) in [6, 6.07) is 10.8. The molecule has 0 saturated carbocycles. The number of anilines is 1. The Morgan fingerprint density at radius 1 is 1.14 bits per heavy atom. The number of hydrogen-bond acceptors (Lipinski definition) is 3. The molecule has 2 aromatic rings. The number of benzene rings is 2. The Kier molecular flexibility index (Phi) is 3.29. The molecular formula is C17H17NO3. The molecule has 3 rings (SSSR count). The third-order valence-corrected chi connectivity index (χ3v) is 3.78. The van der Waals surface area contributed by atoms with Gasteiger partial charge in [-0.15, -0.1) is 0 Å². The number of nitrogens with one attached hydrogen (secondary N) is 1. The molecule has 0 spiro atoms. The molecule has 1 amide bonds. The van der Waals surface area contributed by atoms with Crippen LogP contribution >= 0.6 is 0 Å². The average molecular weight is 283 g/mol. The van der Waals surface area contributed by atoms with E-state index in [0.29, 0.717) is 17.9 Å². The highest BCUT2D eigenvalue weighted by Gasteiger charge is 2.28. The molecule has 21 heavy (non-hydrogen) atoms. The molecule has 0 radical (unpaired) electrons. The lowest BCUT2D eigenvalue weighted by atomic mass is 10.0. The van der Waals surface area contributed by atoms with Gasteiger partial charge in [0.15, 0.2) is 6.10 Å². The first-order chi connectivity index (χ1) is 10.0. The summed E-state index contributed by atoms with van der Waals surface area (Å²) in [6.07, 6.45) is -0.0306. The van der Waals surface area contributed by atoms with Crippen LogP contribution in [0.2, 0.25) is 0 Å². The standard InChI is InChI=1S/C17H17NO3/c1-10-3-4-12(7-11(10)2)8-16-17(20)18-14-9-13(19)5-6-15(14)21-16/h3-7,9,16,19H,8H2,1-2H3,(H,18,20). The molecule has 1 unspecified atom stereocenters. The van der Waals surface area contributed by atoms with Gasteiger partial charge in [0, 0.05) is 12.5 Å². The van der Waals surface area contributed by atoms with E-state index in [1.807, 2.05) is 6.07 Å². The van der Waals surface area contributed by atoms with Crippen LogP contribution < -0.4 is 10.1 Å². The Hall–Kier alpha value is -2.49. The summed E-state index contributed by atoms with van der Waals surface area (Å²) in [5.74, 6) is 0.498. The third kappa shape index (κ3) is 2.70. The van der Waals surface area contributed by atoms with Crippen molar-refractivity contribution >= 4 is 11.6 Å². The fourth-order valence-corrected chi connectivity index (χ4v) is 2.42. The highest BCUT2D eigenvalue weighted by molar-refractivity contribution is 5.98. The van der Waals surface area contributed by atoms with Gasteiger partial charge >= 0.3 is 0 Å². The van der Waals surface area contributed by atoms with E-state index in [1.54, 1.807) is 12.1 Å². The Bertz CT molecular complexity index is 709. The maximum Gasteiger partial charge on any atom is 0.265 e. The first-order valence-corrected chi connectivity index (χ1v) is 6.89. The molecule has 0 aromatic heterocycles. The molecule has 0 aliphatic carbocycles. The first-order valence-electron chi connectivity index (χ1n) is 6.89. The van der Waals surface area contributed by atoms with Crippen molar-refractivity contribution in [3.63, 3.8) is 0 Å². The van der Waals surface area contributed by atoms with Crippen LogP contribution in [0.15, 0.2) is 36.4 Å². The maximum atomic E-state index is 12.1. The predicted molar refractivity (Wildman–Crippen MR) is 80.8 cm³/mol. The number of carbonyl (C=O) groups is 1. The SMILES string of the molecule is Cc1ccc(CC2Oc3ccc(O)cc3NC2=O)cc1C. The van der Waals surface area contributed by atoms with E-state index in [-0.39, 0.29) is 11.7 Å². The molecule has 4 nitrogen and oxygen atoms in total. The molecule has 4 heteroatoms. The van der Waals surface area contributed by atoms with Gasteiger partial charge in [-0.1, -0.05) is 18.2 Å². The normalized spacial score (nSPS) is 16.9.